The van der Waals surface area contributed by atoms with Crippen LogP contribution >= 0.6 is 0 Å². The van der Waals surface area contributed by atoms with E-state index >= 15 is 0 Å². The molecule has 0 radical (unpaired) electrons. The smallest absolute Gasteiger partial charge is 0.146 e. The maximum absolute atomic E-state index is 10.8. The number of hydrogen-bond donors (Lipinski definition) is 0. The summed E-state index contributed by atoms with van der Waals surface area (Å²) in [5, 5.41) is 0. The second kappa shape index (κ2) is 2.58. The topological polar surface area (TPSA) is 17.1 Å². The first-order chi connectivity index (χ1) is 5.80. The van der Waals surface area contributed by atoms with Crippen LogP contribution in [0, 0.1) is 11.3 Å². The first kappa shape index (κ1) is 7.78. The van der Waals surface area contributed by atoms with Gasteiger partial charge < -0.3 is 0 Å². The van der Waals surface area contributed by atoms with E-state index in [0.29, 0.717) is 5.92 Å². The minimum atomic E-state index is 0.203. The lowest BCUT2D eigenvalue weighted by Crippen LogP contribution is -2.17. The van der Waals surface area contributed by atoms with E-state index in [4.69, 9.17) is 0 Å². The number of hydrogen-bond acceptors (Lipinski definition) is 1. The van der Waals surface area contributed by atoms with Gasteiger partial charge >= 0.3 is 0 Å². The summed E-state index contributed by atoms with van der Waals surface area (Å²) in [7, 11) is 0. The molecule has 0 aromatic rings. The molecule has 2 atom stereocenters. The monoisotopic (exact) mass is 162 g/mol. The Morgan fingerprint density at radius 2 is 2.58 bits per heavy atom. The Morgan fingerprint density at radius 1 is 1.75 bits per heavy atom. The van der Waals surface area contributed by atoms with Gasteiger partial charge in [-0.1, -0.05) is 12.2 Å². The fourth-order valence-electron chi connectivity index (χ4n) is 2.75. The van der Waals surface area contributed by atoms with E-state index in [-0.39, 0.29) is 5.41 Å². The highest BCUT2D eigenvalue weighted by Gasteiger charge is 2.45. The van der Waals surface area contributed by atoms with Crippen molar-refractivity contribution in [2.24, 2.45) is 11.3 Å². The molecule has 64 valence electrons. The fraction of sp³-hybridized carbons (Fsp3) is 0.545. The van der Waals surface area contributed by atoms with Crippen molar-refractivity contribution in [3.05, 3.63) is 24.3 Å². The molecule has 1 nitrogen and oxygen atoms in total. The molecule has 1 fully saturated rings. The molecule has 0 aromatic heterocycles. The maximum atomic E-state index is 10.8. The molecule has 2 unspecified atom stereocenters. The molecular weight excluding hydrogens is 148 g/mol. The predicted molar refractivity (Wildman–Crippen MR) is 48.7 cm³/mol. The zero-order chi connectivity index (χ0) is 8.60. The molecule has 2 bridgehead atoms. The molecule has 0 heterocycles. The van der Waals surface area contributed by atoms with Gasteiger partial charge in [-0.2, -0.15) is 0 Å². The van der Waals surface area contributed by atoms with Crippen LogP contribution in [-0.4, -0.2) is 6.29 Å². The second-order valence-corrected chi connectivity index (χ2v) is 4.02. The number of fused-ring (bicyclic) bond motifs is 2. The van der Waals surface area contributed by atoms with E-state index in [1.165, 1.54) is 19.3 Å². The van der Waals surface area contributed by atoms with Crippen molar-refractivity contribution in [1.82, 2.24) is 0 Å². The lowest BCUT2D eigenvalue weighted by atomic mass is 9.78. The molecule has 2 rings (SSSR count). The standard InChI is InChI=1S/C11H14O/c1-2-4-11-5-3-9(7-11)6-10(11)8-12/h2,6,8-9H,1,3-5,7H2. The van der Waals surface area contributed by atoms with Gasteiger partial charge in [0, 0.05) is 5.41 Å². The van der Waals surface area contributed by atoms with Crippen LogP contribution in [0.3, 0.4) is 0 Å². The van der Waals surface area contributed by atoms with Gasteiger partial charge in [-0.15, -0.1) is 6.58 Å². The Bertz CT molecular complexity index is 252. The van der Waals surface area contributed by atoms with Gasteiger partial charge in [0.2, 0.25) is 0 Å². The van der Waals surface area contributed by atoms with E-state index in [0.717, 1.165) is 18.3 Å². The van der Waals surface area contributed by atoms with E-state index in [2.05, 4.69) is 12.7 Å². The number of allylic oxidation sites excluding steroid dienone is 3. The van der Waals surface area contributed by atoms with Crippen LogP contribution in [0.4, 0.5) is 0 Å². The van der Waals surface area contributed by atoms with E-state index in [1.807, 2.05) is 6.08 Å². The molecule has 0 aliphatic heterocycles. The Morgan fingerprint density at radius 3 is 3.17 bits per heavy atom. The van der Waals surface area contributed by atoms with Gasteiger partial charge in [0.25, 0.3) is 0 Å². The number of aldehydes is 1. The molecule has 0 saturated heterocycles. The number of carbonyl (C=O) groups is 1. The summed E-state index contributed by atoms with van der Waals surface area (Å²) >= 11 is 0. The minimum Gasteiger partial charge on any atom is -0.298 e. The summed E-state index contributed by atoms with van der Waals surface area (Å²) in [4.78, 5) is 10.8. The molecule has 0 spiro atoms. The Labute approximate surface area is 73.2 Å². The predicted octanol–water partition coefficient (Wildman–Crippen LogP) is 2.49. The summed E-state index contributed by atoms with van der Waals surface area (Å²) in [6.45, 7) is 3.76. The normalized spacial score (nSPS) is 38.0. The van der Waals surface area contributed by atoms with Crippen LogP contribution < -0.4 is 0 Å². The minimum absolute atomic E-state index is 0.203. The van der Waals surface area contributed by atoms with Gasteiger partial charge in [-0.25, -0.2) is 0 Å². The Hall–Kier alpha value is -0.850. The summed E-state index contributed by atoms with van der Waals surface area (Å²) in [5.41, 5.74) is 1.24. The largest absolute Gasteiger partial charge is 0.298 e. The van der Waals surface area contributed by atoms with Crippen LogP contribution in [0.1, 0.15) is 25.7 Å². The van der Waals surface area contributed by atoms with Crippen LogP contribution in [0.2, 0.25) is 0 Å². The summed E-state index contributed by atoms with van der Waals surface area (Å²) < 4.78 is 0. The Kier molecular flexibility index (Phi) is 1.67. The molecular formula is C11H14O. The van der Waals surface area contributed by atoms with Crippen molar-refractivity contribution in [2.45, 2.75) is 25.7 Å². The highest BCUT2D eigenvalue weighted by molar-refractivity contribution is 5.77. The second-order valence-electron chi connectivity index (χ2n) is 4.02. The highest BCUT2D eigenvalue weighted by Crippen LogP contribution is 2.55. The molecule has 1 saturated carbocycles. The molecule has 2 aliphatic carbocycles. The van der Waals surface area contributed by atoms with Crippen molar-refractivity contribution in [3.8, 4) is 0 Å². The van der Waals surface area contributed by atoms with Crippen LogP contribution in [0.25, 0.3) is 0 Å². The lowest BCUT2D eigenvalue weighted by Gasteiger charge is -2.25. The van der Waals surface area contributed by atoms with Gasteiger partial charge in [0.15, 0.2) is 0 Å². The fourth-order valence-corrected chi connectivity index (χ4v) is 2.75. The number of carbonyl (C=O) groups excluding carboxylic acids is 1. The van der Waals surface area contributed by atoms with Gasteiger partial charge in [-0.3, -0.25) is 4.79 Å². The van der Waals surface area contributed by atoms with Crippen LogP contribution in [-0.2, 0) is 4.79 Å². The molecule has 2 aliphatic rings. The first-order valence-electron chi connectivity index (χ1n) is 4.59. The number of rotatable bonds is 3. The highest BCUT2D eigenvalue weighted by atomic mass is 16.1. The first-order valence-corrected chi connectivity index (χ1v) is 4.59. The van der Waals surface area contributed by atoms with Crippen molar-refractivity contribution in [3.63, 3.8) is 0 Å². The quantitative estimate of drug-likeness (QED) is 0.460. The van der Waals surface area contributed by atoms with E-state index in [1.54, 1.807) is 0 Å². The average molecular weight is 162 g/mol. The van der Waals surface area contributed by atoms with Crippen molar-refractivity contribution < 1.29 is 4.79 Å². The van der Waals surface area contributed by atoms with E-state index in [9.17, 15) is 4.79 Å². The third-order valence-electron chi connectivity index (χ3n) is 3.34. The summed E-state index contributed by atoms with van der Waals surface area (Å²) in [6, 6.07) is 0. The van der Waals surface area contributed by atoms with Gasteiger partial charge in [0.05, 0.1) is 0 Å². The van der Waals surface area contributed by atoms with Crippen molar-refractivity contribution in [1.29, 1.82) is 0 Å². The lowest BCUT2D eigenvalue weighted by molar-refractivity contribution is -0.105. The molecule has 0 amide bonds. The van der Waals surface area contributed by atoms with Crippen molar-refractivity contribution in [2.75, 3.05) is 0 Å². The van der Waals surface area contributed by atoms with Crippen molar-refractivity contribution >= 4 is 6.29 Å². The molecule has 0 N–H and O–H groups in total. The average Bonchev–Trinajstić information content (AvgIpc) is 2.60. The third-order valence-corrected chi connectivity index (χ3v) is 3.34. The SMILES string of the molecule is C=CCC12CCC(C=C1C=O)C2. The van der Waals surface area contributed by atoms with Crippen LogP contribution in [0.15, 0.2) is 24.3 Å². The van der Waals surface area contributed by atoms with Gasteiger partial charge in [-0.05, 0) is 37.2 Å². The molecule has 1 heteroatoms. The molecule has 0 aromatic carbocycles. The van der Waals surface area contributed by atoms with Gasteiger partial charge in [0.1, 0.15) is 6.29 Å². The van der Waals surface area contributed by atoms with Crippen LogP contribution in [0.5, 0.6) is 0 Å². The zero-order valence-corrected chi connectivity index (χ0v) is 7.25. The zero-order valence-electron chi connectivity index (χ0n) is 7.25. The summed E-state index contributed by atoms with van der Waals surface area (Å²) in [5.74, 6) is 0.685. The Balaban J connectivity index is 2.29. The summed E-state index contributed by atoms with van der Waals surface area (Å²) in [6.07, 6.45) is 9.79. The maximum Gasteiger partial charge on any atom is 0.146 e. The third kappa shape index (κ3) is 0.889. The molecule has 12 heavy (non-hydrogen) atoms. The van der Waals surface area contributed by atoms with E-state index < -0.39 is 0 Å².